The Morgan fingerprint density at radius 3 is 2.95 bits per heavy atom. The van der Waals surface area contributed by atoms with Gasteiger partial charge in [0, 0.05) is 11.4 Å². The van der Waals surface area contributed by atoms with Gasteiger partial charge in [0.2, 0.25) is 5.91 Å². The molecule has 2 N–H and O–H groups in total. The fourth-order valence-corrected chi connectivity index (χ4v) is 3.80. The minimum atomic E-state index is -0.368. The van der Waals surface area contributed by atoms with Crippen molar-refractivity contribution in [2.75, 3.05) is 19.6 Å². The summed E-state index contributed by atoms with van der Waals surface area (Å²) in [5.74, 6) is 6.39. The molecule has 0 aromatic carbocycles. The lowest BCUT2D eigenvalue weighted by atomic mass is 9.99. The van der Waals surface area contributed by atoms with Crippen LogP contribution in [-0.2, 0) is 10.2 Å². The molecule has 1 saturated carbocycles. The molecule has 3 nitrogen and oxygen atoms in total. The van der Waals surface area contributed by atoms with E-state index in [9.17, 15) is 4.79 Å². The van der Waals surface area contributed by atoms with E-state index < -0.39 is 0 Å². The van der Waals surface area contributed by atoms with Gasteiger partial charge in [0.25, 0.3) is 0 Å². The maximum atomic E-state index is 13.0. The molecule has 1 aromatic rings. The van der Waals surface area contributed by atoms with E-state index in [1.807, 2.05) is 23.3 Å². The van der Waals surface area contributed by atoms with Gasteiger partial charge in [-0.2, -0.15) is 0 Å². The van der Waals surface area contributed by atoms with E-state index in [1.165, 1.54) is 0 Å². The maximum absolute atomic E-state index is 13.0. The smallest absolute Gasteiger partial charge is 0.235 e. The molecule has 108 valence electrons. The standard InChI is InChI=1S/C16H22N2OS/c1-3-5-9-18(8-4-2)15(19)16(11-13(16)12-17)14-7-6-10-20-14/h6-7,10,13H,4,8-9,11-12,17H2,1-2H3/t13-,16-/m0/s1. The van der Waals surface area contributed by atoms with E-state index in [0.717, 1.165) is 24.3 Å². The Morgan fingerprint density at radius 2 is 2.45 bits per heavy atom. The predicted molar refractivity (Wildman–Crippen MR) is 83.5 cm³/mol. The minimum absolute atomic E-state index is 0.208. The lowest BCUT2D eigenvalue weighted by Crippen LogP contribution is -2.41. The van der Waals surface area contributed by atoms with Crippen molar-refractivity contribution in [3.8, 4) is 11.8 Å². The Balaban J connectivity index is 2.24. The van der Waals surface area contributed by atoms with E-state index in [-0.39, 0.29) is 17.2 Å². The molecular formula is C16H22N2OS. The summed E-state index contributed by atoms with van der Waals surface area (Å²) in [5, 5.41) is 2.03. The van der Waals surface area contributed by atoms with Gasteiger partial charge in [-0.05, 0) is 43.7 Å². The van der Waals surface area contributed by atoms with Crippen molar-refractivity contribution in [3.63, 3.8) is 0 Å². The zero-order valence-electron chi connectivity index (χ0n) is 12.2. The molecule has 0 saturated heterocycles. The molecule has 0 aliphatic heterocycles. The molecule has 2 atom stereocenters. The van der Waals surface area contributed by atoms with Crippen molar-refractivity contribution in [2.24, 2.45) is 11.7 Å². The van der Waals surface area contributed by atoms with Gasteiger partial charge >= 0.3 is 0 Å². The fourth-order valence-electron chi connectivity index (χ4n) is 2.79. The van der Waals surface area contributed by atoms with Crippen LogP contribution in [0.4, 0.5) is 0 Å². The molecule has 1 heterocycles. The number of nitrogens with two attached hydrogens (primary N) is 1. The van der Waals surface area contributed by atoms with Crippen LogP contribution in [0.25, 0.3) is 0 Å². The number of amides is 1. The molecule has 2 rings (SSSR count). The van der Waals surface area contributed by atoms with Crippen LogP contribution in [0.2, 0.25) is 0 Å². The molecule has 20 heavy (non-hydrogen) atoms. The normalized spacial score (nSPS) is 23.9. The van der Waals surface area contributed by atoms with Crippen molar-refractivity contribution in [1.82, 2.24) is 4.90 Å². The van der Waals surface area contributed by atoms with Gasteiger partial charge in [-0.15, -0.1) is 17.3 Å². The van der Waals surface area contributed by atoms with Crippen molar-refractivity contribution in [2.45, 2.75) is 32.1 Å². The second-order valence-electron chi connectivity index (χ2n) is 5.24. The molecule has 0 spiro atoms. The van der Waals surface area contributed by atoms with Gasteiger partial charge in [-0.1, -0.05) is 18.9 Å². The average Bonchev–Trinajstić information content (AvgIpc) is 2.95. The van der Waals surface area contributed by atoms with Gasteiger partial charge in [0.15, 0.2) is 0 Å². The van der Waals surface area contributed by atoms with E-state index in [0.29, 0.717) is 13.1 Å². The first-order valence-corrected chi connectivity index (χ1v) is 8.01. The monoisotopic (exact) mass is 290 g/mol. The highest BCUT2D eigenvalue weighted by Gasteiger charge is 2.61. The quantitative estimate of drug-likeness (QED) is 0.817. The first kappa shape index (κ1) is 15.1. The van der Waals surface area contributed by atoms with Crippen molar-refractivity contribution in [1.29, 1.82) is 0 Å². The largest absolute Gasteiger partial charge is 0.331 e. The number of hydrogen-bond donors (Lipinski definition) is 1. The Labute approximate surface area is 125 Å². The number of thiophene rings is 1. The number of carbonyl (C=O) groups excluding carboxylic acids is 1. The summed E-state index contributed by atoms with van der Waals surface area (Å²) in [7, 11) is 0. The second-order valence-corrected chi connectivity index (χ2v) is 6.19. The summed E-state index contributed by atoms with van der Waals surface area (Å²) >= 11 is 1.66. The summed E-state index contributed by atoms with van der Waals surface area (Å²) in [6.45, 7) is 5.75. The third-order valence-electron chi connectivity index (χ3n) is 3.96. The van der Waals surface area contributed by atoms with Gasteiger partial charge in [0.1, 0.15) is 0 Å². The highest BCUT2D eigenvalue weighted by molar-refractivity contribution is 7.10. The Morgan fingerprint density at radius 1 is 1.65 bits per heavy atom. The van der Waals surface area contributed by atoms with E-state index in [1.54, 1.807) is 11.3 Å². The number of rotatable bonds is 6. The summed E-state index contributed by atoms with van der Waals surface area (Å²) in [5.41, 5.74) is 5.47. The SMILES string of the molecule is CC#CCN(CCC)C(=O)[C@@]1(c2cccs2)C[C@H]1CN. The van der Waals surface area contributed by atoms with E-state index in [2.05, 4.69) is 24.8 Å². The van der Waals surface area contributed by atoms with Gasteiger partial charge in [-0.25, -0.2) is 0 Å². The third-order valence-corrected chi connectivity index (χ3v) is 5.01. The van der Waals surface area contributed by atoms with Crippen LogP contribution in [0.3, 0.4) is 0 Å². The molecule has 1 aliphatic rings. The summed E-state index contributed by atoms with van der Waals surface area (Å²) < 4.78 is 0. The third kappa shape index (κ3) is 2.61. The van der Waals surface area contributed by atoms with Gasteiger partial charge in [-0.3, -0.25) is 4.79 Å². The maximum Gasteiger partial charge on any atom is 0.235 e. The van der Waals surface area contributed by atoms with Crippen molar-refractivity contribution in [3.05, 3.63) is 22.4 Å². The average molecular weight is 290 g/mol. The molecule has 1 amide bonds. The van der Waals surface area contributed by atoms with E-state index >= 15 is 0 Å². The second kappa shape index (κ2) is 6.43. The molecule has 0 bridgehead atoms. The van der Waals surface area contributed by atoms with Crippen LogP contribution >= 0.6 is 11.3 Å². The van der Waals surface area contributed by atoms with Gasteiger partial charge < -0.3 is 10.6 Å². The molecule has 1 aliphatic carbocycles. The predicted octanol–water partition coefficient (Wildman–Crippen LogP) is 2.23. The molecule has 1 fully saturated rings. The highest BCUT2D eigenvalue weighted by atomic mass is 32.1. The Hall–Kier alpha value is -1.31. The summed E-state index contributed by atoms with van der Waals surface area (Å²) in [6, 6.07) is 4.07. The van der Waals surface area contributed by atoms with Crippen LogP contribution in [-0.4, -0.2) is 30.4 Å². The van der Waals surface area contributed by atoms with Crippen molar-refractivity contribution >= 4 is 17.2 Å². The highest BCUT2D eigenvalue weighted by Crippen LogP contribution is 2.56. The number of carbonyl (C=O) groups is 1. The molecular weight excluding hydrogens is 268 g/mol. The zero-order valence-corrected chi connectivity index (χ0v) is 13.0. The minimum Gasteiger partial charge on any atom is -0.331 e. The van der Waals surface area contributed by atoms with Crippen LogP contribution in [0.5, 0.6) is 0 Å². The van der Waals surface area contributed by atoms with E-state index in [4.69, 9.17) is 5.73 Å². The zero-order chi connectivity index (χ0) is 14.6. The summed E-state index contributed by atoms with van der Waals surface area (Å²) in [4.78, 5) is 16.1. The first-order chi connectivity index (χ1) is 9.70. The van der Waals surface area contributed by atoms with Crippen molar-refractivity contribution < 1.29 is 4.79 Å². The van der Waals surface area contributed by atoms with Gasteiger partial charge in [0.05, 0.1) is 12.0 Å². The Bertz CT molecular complexity index is 514. The number of nitrogens with zero attached hydrogens (tertiary/aromatic N) is 1. The lowest BCUT2D eigenvalue weighted by molar-refractivity contribution is -0.133. The van der Waals surface area contributed by atoms with Crippen LogP contribution in [0.1, 0.15) is 31.6 Å². The van der Waals surface area contributed by atoms with Crippen LogP contribution in [0.15, 0.2) is 17.5 Å². The fraction of sp³-hybridized carbons (Fsp3) is 0.562. The van der Waals surface area contributed by atoms with Crippen LogP contribution in [0, 0.1) is 17.8 Å². The summed E-state index contributed by atoms with van der Waals surface area (Å²) in [6.07, 6.45) is 1.83. The Kier molecular flexibility index (Phi) is 4.85. The molecule has 4 heteroatoms. The topological polar surface area (TPSA) is 46.3 Å². The molecule has 0 radical (unpaired) electrons. The number of hydrogen-bond acceptors (Lipinski definition) is 3. The lowest BCUT2D eigenvalue weighted by Gasteiger charge is -2.26. The van der Waals surface area contributed by atoms with Crippen LogP contribution < -0.4 is 5.73 Å². The first-order valence-electron chi connectivity index (χ1n) is 7.13. The molecule has 0 unspecified atom stereocenters. The molecule has 1 aromatic heterocycles.